The van der Waals surface area contributed by atoms with E-state index in [4.69, 9.17) is 5.11 Å². The van der Waals surface area contributed by atoms with Gasteiger partial charge in [0.05, 0.1) is 0 Å². The summed E-state index contributed by atoms with van der Waals surface area (Å²) < 4.78 is 0. The molecule has 1 saturated heterocycles. The van der Waals surface area contributed by atoms with Crippen molar-refractivity contribution in [2.75, 3.05) is 5.75 Å². The summed E-state index contributed by atoms with van der Waals surface area (Å²) in [5.74, 6) is -0.0917. The van der Waals surface area contributed by atoms with E-state index < -0.39 is 5.97 Å². The van der Waals surface area contributed by atoms with E-state index in [1.807, 2.05) is 21.6 Å². The van der Waals surface area contributed by atoms with Crippen molar-refractivity contribution in [2.45, 2.75) is 43.8 Å². The van der Waals surface area contributed by atoms with Gasteiger partial charge in [-0.25, -0.2) is 4.79 Å². The third-order valence-corrected chi connectivity index (χ3v) is 6.66. The maximum Gasteiger partial charge on any atom is 0.339 e. The number of carbonyl (C=O) groups is 2. The molecule has 0 bridgehead atoms. The molecule has 1 heterocycles. The Morgan fingerprint density at radius 2 is 2.09 bits per heavy atom. The first kappa shape index (κ1) is 17.2. The molecule has 1 fully saturated rings. The molecule has 4 nitrogen and oxygen atoms in total. The molecule has 2 N–H and O–H groups in total. The molecule has 120 valence electrons. The normalized spacial score (nSPS) is 17.5. The second kappa shape index (κ2) is 8.48. The minimum atomic E-state index is -1.18. The number of carbonyl (C=O) groups excluding carboxylic acids is 1. The number of carboxylic acid groups (broad SMARTS) is 1. The Kier molecular flexibility index (Phi) is 6.64. The average molecular weight is 340 g/mol. The van der Waals surface area contributed by atoms with E-state index in [1.54, 1.807) is 6.07 Å². The molecule has 6 heteroatoms. The lowest BCUT2D eigenvalue weighted by Gasteiger charge is -2.07. The van der Waals surface area contributed by atoms with Crippen molar-refractivity contribution in [3.05, 3.63) is 29.3 Å². The summed E-state index contributed by atoms with van der Waals surface area (Å²) in [5.41, 5.74) is 0.490. The van der Waals surface area contributed by atoms with Crippen molar-refractivity contribution in [2.24, 2.45) is 0 Å². The molecule has 2 rings (SSSR count). The number of phenols is 1. The number of benzene rings is 1. The van der Waals surface area contributed by atoms with Crippen LogP contribution in [0.4, 0.5) is 0 Å². The van der Waals surface area contributed by atoms with Crippen LogP contribution < -0.4 is 0 Å². The van der Waals surface area contributed by atoms with Crippen LogP contribution in [0.15, 0.2) is 18.2 Å². The Morgan fingerprint density at radius 1 is 1.27 bits per heavy atom. The topological polar surface area (TPSA) is 74.6 Å². The molecular formula is C16H20O4S2. The van der Waals surface area contributed by atoms with Crippen molar-refractivity contribution in [3.63, 3.8) is 0 Å². The molecule has 1 aliphatic rings. The van der Waals surface area contributed by atoms with Crippen molar-refractivity contribution in [1.29, 1.82) is 0 Å². The number of aromatic carboxylic acids is 1. The van der Waals surface area contributed by atoms with Gasteiger partial charge in [-0.2, -0.15) is 0 Å². The van der Waals surface area contributed by atoms with Crippen LogP contribution in [-0.4, -0.2) is 33.0 Å². The molecule has 0 amide bonds. The Hall–Kier alpha value is -1.14. The van der Waals surface area contributed by atoms with Gasteiger partial charge in [0.15, 0.2) is 0 Å². The second-order valence-electron chi connectivity index (χ2n) is 5.45. The van der Waals surface area contributed by atoms with Gasteiger partial charge in [-0.3, -0.25) is 4.79 Å². The van der Waals surface area contributed by atoms with Crippen molar-refractivity contribution < 1.29 is 19.8 Å². The summed E-state index contributed by atoms with van der Waals surface area (Å²) in [5, 5.41) is 19.1. The number of ketones is 1. The van der Waals surface area contributed by atoms with Crippen molar-refractivity contribution >= 4 is 33.3 Å². The first-order chi connectivity index (χ1) is 10.6. The number of Topliss-reactive ketones (excluding diaryl/α,β-unsaturated/α-hetero) is 1. The van der Waals surface area contributed by atoms with Gasteiger partial charge in [-0.15, -0.1) is 0 Å². The number of hydrogen-bond acceptors (Lipinski definition) is 5. The van der Waals surface area contributed by atoms with Gasteiger partial charge in [0.25, 0.3) is 0 Å². The maximum absolute atomic E-state index is 12.0. The first-order valence-electron chi connectivity index (χ1n) is 7.41. The fourth-order valence-electron chi connectivity index (χ4n) is 2.44. The third kappa shape index (κ3) is 5.25. The Balaban J connectivity index is 1.74. The third-order valence-electron chi connectivity index (χ3n) is 3.65. The molecule has 0 aliphatic carbocycles. The van der Waals surface area contributed by atoms with Crippen LogP contribution in [0, 0.1) is 0 Å². The number of rotatable bonds is 8. The molecule has 1 aromatic rings. The van der Waals surface area contributed by atoms with Crippen LogP contribution in [0.1, 0.15) is 48.0 Å². The zero-order valence-corrected chi connectivity index (χ0v) is 13.9. The van der Waals surface area contributed by atoms with E-state index in [2.05, 4.69) is 0 Å². The SMILES string of the molecule is O=C(CCCC[C@H]1CCSS1)Cc1ccc(O)c(C(=O)O)c1. The summed E-state index contributed by atoms with van der Waals surface area (Å²) in [4.78, 5) is 22.9. The van der Waals surface area contributed by atoms with Crippen LogP contribution in [0.25, 0.3) is 0 Å². The Labute approximate surface area is 138 Å². The zero-order chi connectivity index (χ0) is 15.9. The van der Waals surface area contributed by atoms with Gasteiger partial charge in [-0.05, 0) is 37.0 Å². The van der Waals surface area contributed by atoms with Crippen LogP contribution >= 0.6 is 21.6 Å². The summed E-state index contributed by atoms with van der Waals surface area (Å²) >= 11 is 0. The summed E-state index contributed by atoms with van der Waals surface area (Å²) in [6.45, 7) is 0. The van der Waals surface area contributed by atoms with Crippen molar-refractivity contribution in [3.8, 4) is 5.75 Å². The van der Waals surface area contributed by atoms with Crippen LogP contribution in [0.2, 0.25) is 0 Å². The summed E-state index contributed by atoms with van der Waals surface area (Å²) in [6, 6.07) is 4.31. The van der Waals surface area contributed by atoms with Crippen LogP contribution in [0.5, 0.6) is 5.75 Å². The lowest BCUT2D eigenvalue weighted by atomic mass is 10.0. The largest absolute Gasteiger partial charge is 0.507 e. The van der Waals surface area contributed by atoms with Crippen LogP contribution in [-0.2, 0) is 11.2 Å². The quantitative estimate of drug-likeness (QED) is 0.552. The Bertz CT molecular complexity index is 539. The zero-order valence-electron chi connectivity index (χ0n) is 12.3. The monoisotopic (exact) mass is 340 g/mol. The fraction of sp³-hybridized carbons (Fsp3) is 0.500. The minimum Gasteiger partial charge on any atom is -0.507 e. The minimum absolute atomic E-state index is 0.121. The molecule has 0 radical (unpaired) electrons. The van der Waals surface area contributed by atoms with E-state index >= 15 is 0 Å². The van der Waals surface area contributed by atoms with Gasteiger partial charge < -0.3 is 10.2 Å². The highest BCUT2D eigenvalue weighted by Gasteiger charge is 2.16. The van der Waals surface area contributed by atoms with Crippen LogP contribution in [0.3, 0.4) is 0 Å². The van der Waals surface area contributed by atoms with E-state index in [-0.39, 0.29) is 23.5 Å². The molecule has 1 aliphatic heterocycles. The van der Waals surface area contributed by atoms with Crippen molar-refractivity contribution in [1.82, 2.24) is 0 Å². The molecule has 0 spiro atoms. The predicted octanol–water partition coefficient (Wildman–Crippen LogP) is 3.92. The highest BCUT2D eigenvalue weighted by Crippen LogP contribution is 2.39. The lowest BCUT2D eigenvalue weighted by molar-refractivity contribution is -0.118. The molecule has 22 heavy (non-hydrogen) atoms. The smallest absolute Gasteiger partial charge is 0.339 e. The maximum atomic E-state index is 12.0. The van der Waals surface area contributed by atoms with E-state index in [1.165, 1.54) is 30.7 Å². The number of aromatic hydroxyl groups is 1. The van der Waals surface area contributed by atoms with E-state index in [0.29, 0.717) is 12.0 Å². The second-order valence-corrected chi connectivity index (χ2v) is 8.23. The van der Waals surface area contributed by atoms with E-state index in [9.17, 15) is 14.7 Å². The molecule has 0 aromatic heterocycles. The highest BCUT2D eigenvalue weighted by atomic mass is 33.1. The average Bonchev–Trinajstić information content (AvgIpc) is 2.98. The van der Waals surface area contributed by atoms with Gasteiger partial charge >= 0.3 is 5.97 Å². The summed E-state index contributed by atoms with van der Waals surface area (Å²) in [6.07, 6.45) is 5.18. The lowest BCUT2D eigenvalue weighted by Crippen LogP contribution is -2.05. The fourth-order valence-corrected chi connectivity index (χ4v) is 5.47. The highest BCUT2D eigenvalue weighted by molar-refractivity contribution is 8.77. The summed E-state index contributed by atoms with van der Waals surface area (Å²) in [7, 11) is 3.90. The van der Waals surface area contributed by atoms with Gasteiger partial charge in [0, 0.05) is 23.8 Å². The molecular weight excluding hydrogens is 320 g/mol. The predicted molar refractivity (Wildman–Crippen MR) is 90.7 cm³/mol. The van der Waals surface area contributed by atoms with Gasteiger partial charge in [0.2, 0.25) is 0 Å². The van der Waals surface area contributed by atoms with E-state index in [0.717, 1.165) is 18.1 Å². The number of carboxylic acids is 1. The first-order valence-corrected chi connectivity index (χ1v) is 9.79. The van der Waals surface area contributed by atoms with Gasteiger partial charge in [-0.1, -0.05) is 34.1 Å². The van der Waals surface area contributed by atoms with Gasteiger partial charge in [0.1, 0.15) is 17.1 Å². The molecule has 1 aromatic carbocycles. The number of hydrogen-bond donors (Lipinski definition) is 2. The molecule has 0 saturated carbocycles. The standard InChI is InChI=1S/C16H20O4S2/c17-12(3-1-2-4-13-7-8-21-22-13)9-11-5-6-15(18)14(10-11)16(19)20/h5-6,10,13,18H,1-4,7-9H2,(H,19,20)/t13-/m0/s1. The molecule has 0 unspecified atom stereocenters. The molecule has 1 atom stereocenters. The Morgan fingerprint density at radius 3 is 2.77 bits per heavy atom. The number of unbranched alkanes of at least 4 members (excludes halogenated alkanes) is 1.